The molecule has 1 saturated heterocycles. The van der Waals surface area contributed by atoms with Crippen LogP contribution in [0.3, 0.4) is 0 Å². The number of hydrogen-bond donors (Lipinski definition) is 2. The summed E-state index contributed by atoms with van der Waals surface area (Å²) >= 11 is 0. The van der Waals surface area contributed by atoms with Crippen LogP contribution in [-0.2, 0) is 6.54 Å². The summed E-state index contributed by atoms with van der Waals surface area (Å²) in [6.45, 7) is 2.38. The lowest BCUT2D eigenvalue weighted by Gasteiger charge is -2.18. The first kappa shape index (κ1) is 13.8. The maximum absolute atomic E-state index is 12.8. The normalized spacial score (nSPS) is 18.0. The molecule has 3 rings (SSSR count). The quantitative estimate of drug-likeness (QED) is 0.897. The van der Waals surface area contributed by atoms with E-state index in [0.29, 0.717) is 12.4 Å². The third-order valence-electron chi connectivity index (χ3n) is 3.62. The molecule has 1 aliphatic rings. The molecule has 2 aromatic rings. The SMILES string of the molecule is NC1CCN(c2cnnc(NCc3ccc(F)cc3)c2)C1. The number of nitrogens with zero attached hydrogens (tertiary/aromatic N) is 3. The molecule has 0 spiro atoms. The molecule has 1 unspecified atom stereocenters. The molecule has 0 saturated carbocycles. The second-order valence-electron chi connectivity index (χ2n) is 5.27. The van der Waals surface area contributed by atoms with Crippen LogP contribution in [0.25, 0.3) is 0 Å². The molecule has 21 heavy (non-hydrogen) atoms. The third-order valence-corrected chi connectivity index (χ3v) is 3.62. The van der Waals surface area contributed by atoms with Crippen molar-refractivity contribution in [1.82, 2.24) is 10.2 Å². The van der Waals surface area contributed by atoms with Gasteiger partial charge in [-0.15, -0.1) is 5.10 Å². The van der Waals surface area contributed by atoms with E-state index in [1.54, 1.807) is 18.3 Å². The predicted octanol–water partition coefficient (Wildman–Crippen LogP) is 1.77. The predicted molar refractivity (Wildman–Crippen MR) is 80.6 cm³/mol. The summed E-state index contributed by atoms with van der Waals surface area (Å²) in [4.78, 5) is 2.21. The Hall–Kier alpha value is -2.21. The monoisotopic (exact) mass is 287 g/mol. The van der Waals surface area contributed by atoms with Crippen molar-refractivity contribution in [2.45, 2.75) is 19.0 Å². The molecule has 0 aliphatic carbocycles. The minimum atomic E-state index is -0.231. The lowest BCUT2D eigenvalue weighted by molar-refractivity contribution is 0.627. The van der Waals surface area contributed by atoms with Crippen molar-refractivity contribution in [3.8, 4) is 0 Å². The molecule has 5 nitrogen and oxygen atoms in total. The van der Waals surface area contributed by atoms with Gasteiger partial charge in [-0.25, -0.2) is 4.39 Å². The molecule has 1 aromatic carbocycles. The van der Waals surface area contributed by atoms with E-state index in [4.69, 9.17) is 5.73 Å². The van der Waals surface area contributed by atoms with E-state index in [-0.39, 0.29) is 11.9 Å². The average molecular weight is 287 g/mol. The zero-order valence-corrected chi connectivity index (χ0v) is 11.7. The van der Waals surface area contributed by atoms with Crippen LogP contribution in [0.1, 0.15) is 12.0 Å². The van der Waals surface area contributed by atoms with Crippen molar-refractivity contribution in [2.24, 2.45) is 5.73 Å². The van der Waals surface area contributed by atoms with Crippen LogP contribution in [0.4, 0.5) is 15.9 Å². The maximum atomic E-state index is 12.8. The Morgan fingerprint density at radius 2 is 2.14 bits per heavy atom. The number of anilines is 2. The minimum absolute atomic E-state index is 0.230. The van der Waals surface area contributed by atoms with Crippen LogP contribution in [0.5, 0.6) is 0 Å². The highest BCUT2D eigenvalue weighted by Crippen LogP contribution is 2.20. The largest absolute Gasteiger partial charge is 0.369 e. The van der Waals surface area contributed by atoms with Gasteiger partial charge in [0.05, 0.1) is 11.9 Å². The van der Waals surface area contributed by atoms with Crippen LogP contribution >= 0.6 is 0 Å². The molecule has 0 radical (unpaired) electrons. The number of hydrogen-bond acceptors (Lipinski definition) is 5. The van der Waals surface area contributed by atoms with E-state index in [1.165, 1.54) is 12.1 Å². The Labute approximate surface area is 123 Å². The van der Waals surface area contributed by atoms with Crippen molar-refractivity contribution in [2.75, 3.05) is 23.3 Å². The maximum Gasteiger partial charge on any atom is 0.150 e. The van der Waals surface area contributed by atoms with E-state index >= 15 is 0 Å². The summed E-state index contributed by atoms with van der Waals surface area (Å²) in [6.07, 6.45) is 2.75. The van der Waals surface area contributed by atoms with Crippen LogP contribution in [-0.4, -0.2) is 29.3 Å². The van der Waals surface area contributed by atoms with Gasteiger partial charge >= 0.3 is 0 Å². The molecule has 1 atom stereocenters. The lowest BCUT2D eigenvalue weighted by atomic mass is 10.2. The zero-order valence-electron chi connectivity index (χ0n) is 11.7. The molecule has 0 amide bonds. The Balaban J connectivity index is 1.64. The third kappa shape index (κ3) is 3.46. The van der Waals surface area contributed by atoms with Crippen LogP contribution in [0, 0.1) is 5.82 Å². The number of rotatable bonds is 4. The van der Waals surface area contributed by atoms with Crippen molar-refractivity contribution >= 4 is 11.5 Å². The Bertz CT molecular complexity index is 601. The summed E-state index contributed by atoms with van der Waals surface area (Å²) in [7, 11) is 0. The van der Waals surface area contributed by atoms with Gasteiger partial charge in [-0.1, -0.05) is 12.1 Å². The van der Waals surface area contributed by atoms with Crippen LogP contribution in [0.2, 0.25) is 0 Å². The standard InChI is InChI=1S/C15H18FN5/c16-12-3-1-11(2-4-12)8-18-15-7-14(9-19-20-15)21-6-5-13(17)10-21/h1-4,7,9,13H,5-6,8,10,17H2,(H,18,20). The van der Waals surface area contributed by atoms with Crippen LogP contribution in [0.15, 0.2) is 36.5 Å². The van der Waals surface area contributed by atoms with Crippen molar-refractivity contribution in [1.29, 1.82) is 0 Å². The van der Waals surface area contributed by atoms with E-state index in [2.05, 4.69) is 20.4 Å². The van der Waals surface area contributed by atoms with E-state index < -0.39 is 0 Å². The van der Waals surface area contributed by atoms with Crippen LogP contribution < -0.4 is 16.0 Å². The zero-order chi connectivity index (χ0) is 14.7. The number of benzene rings is 1. The molecule has 3 N–H and O–H groups in total. The summed E-state index contributed by atoms with van der Waals surface area (Å²) in [6, 6.07) is 8.59. The van der Waals surface area contributed by atoms with E-state index in [9.17, 15) is 4.39 Å². The van der Waals surface area contributed by atoms with Gasteiger partial charge in [-0.2, -0.15) is 5.10 Å². The second kappa shape index (κ2) is 6.05. The van der Waals surface area contributed by atoms with Gasteiger partial charge in [0, 0.05) is 31.7 Å². The summed E-state index contributed by atoms with van der Waals surface area (Å²) in [5.41, 5.74) is 7.94. The highest BCUT2D eigenvalue weighted by molar-refractivity contribution is 5.53. The summed E-state index contributed by atoms with van der Waals surface area (Å²) in [5, 5.41) is 11.3. The molecule has 1 fully saturated rings. The van der Waals surface area contributed by atoms with Crippen molar-refractivity contribution in [3.05, 3.63) is 47.9 Å². The molecule has 110 valence electrons. The fraction of sp³-hybridized carbons (Fsp3) is 0.333. The van der Waals surface area contributed by atoms with Crippen molar-refractivity contribution in [3.63, 3.8) is 0 Å². The van der Waals surface area contributed by atoms with Gasteiger partial charge in [0.1, 0.15) is 5.82 Å². The fourth-order valence-electron chi connectivity index (χ4n) is 2.43. The smallest absolute Gasteiger partial charge is 0.150 e. The topological polar surface area (TPSA) is 67.1 Å². The van der Waals surface area contributed by atoms with Gasteiger partial charge in [0.2, 0.25) is 0 Å². The Kier molecular flexibility index (Phi) is 3.96. The number of halogens is 1. The fourth-order valence-corrected chi connectivity index (χ4v) is 2.43. The molecular weight excluding hydrogens is 269 g/mol. The summed E-state index contributed by atoms with van der Waals surface area (Å²) < 4.78 is 12.8. The molecule has 1 aromatic heterocycles. The first-order valence-corrected chi connectivity index (χ1v) is 7.02. The van der Waals surface area contributed by atoms with Gasteiger partial charge in [0.15, 0.2) is 5.82 Å². The first-order valence-electron chi connectivity index (χ1n) is 7.02. The summed E-state index contributed by atoms with van der Waals surface area (Å²) in [5.74, 6) is 0.475. The molecular formula is C15H18FN5. The second-order valence-corrected chi connectivity index (χ2v) is 5.27. The number of nitrogens with one attached hydrogen (secondary N) is 1. The average Bonchev–Trinajstić information content (AvgIpc) is 2.94. The molecule has 6 heteroatoms. The first-order chi connectivity index (χ1) is 10.2. The molecule has 1 aliphatic heterocycles. The van der Waals surface area contributed by atoms with Gasteiger partial charge in [-0.3, -0.25) is 0 Å². The Morgan fingerprint density at radius 1 is 1.33 bits per heavy atom. The van der Waals surface area contributed by atoms with Crippen molar-refractivity contribution < 1.29 is 4.39 Å². The highest BCUT2D eigenvalue weighted by atomic mass is 19.1. The Morgan fingerprint density at radius 3 is 2.86 bits per heavy atom. The molecule has 2 heterocycles. The van der Waals surface area contributed by atoms with E-state index in [0.717, 1.165) is 30.8 Å². The molecule has 0 bridgehead atoms. The van der Waals surface area contributed by atoms with Gasteiger partial charge in [-0.05, 0) is 24.1 Å². The van der Waals surface area contributed by atoms with E-state index in [1.807, 2.05) is 6.07 Å². The number of nitrogens with two attached hydrogens (primary N) is 1. The lowest BCUT2D eigenvalue weighted by Crippen LogP contribution is -2.26. The van der Waals surface area contributed by atoms with Gasteiger partial charge < -0.3 is 16.0 Å². The highest BCUT2D eigenvalue weighted by Gasteiger charge is 2.19. The number of aromatic nitrogens is 2. The minimum Gasteiger partial charge on any atom is -0.369 e. The van der Waals surface area contributed by atoms with Gasteiger partial charge in [0.25, 0.3) is 0 Å².